The van der Waals surface area contributed by atoms with Gasteiger partial charge in [-0.3, -0.25) is 14.5 Å². The minimum Gasteiger partial charge on any atom is -0.497 e. The van der Waals surface area contributed by atoms with Crippen LogP contribution in [-0.2, 0) is 11.2 Å². The molecule has 0 radical (unpaired) electrons. The number of carbonyl (C=O) groups is 2. The number of ketones is 1. The quantitative estimate of drug-likeness (QED) is 0.548. The van der Waals surface area contributed by atoms with Crippen molar-refractivity contribution in [2.24, 2.45) is 0 Å². The summed E-state index contributed by atoms with van der Waals surface area (Å²) in [5.74, 6) is 1.72. The Morgan fingerprint density at radius 2 is 1.76 bits per heavy atom. The number of β-amino-alcohol motifs (C(OH)–C–C–N with tert-alkyl or cyclic N) is 1. The van der Waals surface area contributed by atoms with Crippen LogP contribution < -0.4 is 14.2 Å². The molecule has 1 atom stereocenters. The van der Waals surface area contributed by atoms with Gasteiger partial charge in [0.15, 0.2) is 17.3 Å². The summed E-state index contributed by atoms with van der Waals surface area (Å²) in [6, 6.07) is 12.5. The molecule has 1 heterocycles. The van der Waals surface area contributed by atoms with Crippen LogP contribution >= 0.6 is 0 Å². The Bertz CT molecular complexity index is 956. The molecule has 0 aromatic heterocycles. The number of amides is 1. The zero-order valence-electron chi connectivity index (χ0n) is 19.5. The number of hydrogen-bond acceptors (Lipinski definition) is 7. The van der Waals surface area contributed by atoms with Gasteiger partial charge in [-0.2, -0.15) is 0 Å². The summed E-state index contributed by atoms with van der Waals surface area (Å²) in [4.78, 5) is 28.2. The molecule has 2 aromatic rings. The minimum absolute atomic E-state index is 0.0546. The molecule has 0 bridgehead atoms. The van der Waals surface area contributed by atoms with Crippen molar-refractivity contribution in [3.63, 3.8) is 0 Å². The number of hydrogen-bond donors (Lipinski definition) is 1. The summed E-state index contributed by atoms with van der Waals surface area (Å²) in [5, 5.41) is 10.4. The summed E-state index contributed by atoms with van der Waals surface area (Å²) in [6.07, 6.45) is -0.348. The lowest BCUT2D eigenvalue weighted by molar-refractivity contribution is -0.132. The van der Waals surface area contributed by atoms with Crippen LogP contribution in [-0.4, -0.2) is 86.3 Å². The Labute approximate surface area is 194 Å². The van der Waals surface area contributed by atoms with Crippen molar-refractivity contribution in [2.45, 2.75) is 19.4 Å². The highest BCUT2D eigenvalue weighted by Crippen LogP contribution is 2.28. The lowest BCUT2D eigenvalue weighted by Crippen LogP contribution is -2.51. The summed E-state index contributed by atoms with van der Waals surface area (Å²) in [5.41, 5.74) is 1.47. The minimum atomic E-state index is -0.693. The fourth-order valence-electron chi connectivity index (χ4n) is 3.79. The lowest BCUT2D eigenvalue weighted by Gasteiger charge is -2.35. The molecular weight excluding hydrogens is 424 g/mol. The predicted octanol–water partition coefficient (Wildman–Crippen LogP) is 2.03. The van der Waals surface area contributed by atoms with Gasteiger partial charge in [-0.1, -0.05) is 12.1 Å². The van der Waals surface area contributed by atoms with E-state index in [0.717, 1.165) is 11.3 Å². The summed E-state index contributed by atoms with van der Waals surface area (Å²) in [7, 11) is 3.12. The first-order chi connectivity index (χ1) is 15.9. The second kappa shape index (κ2) is 11.7. The number of rotatable bonds is 10. The number of piperazine rings is 1. The molecule has 0 aliphatic carbocycles. The zero-order chi connectivity index (χ0) is 23.8. The molecule has 0 spiro atoms. The van der Waals surface area contributed by atoms with Crippen LogP contribution in [0.2, 0.25) is 0 Å². The van der Waals surface area contributed by atoms with Crippen LogP contribution in [0, 0.1) is 0 Å². The molecule has 8 nitrogen and oxygen atoms in total. The summed E-state index contributed by atoms with van der Waals surface area (Å²) < 4.78 is 16.2. The Balaban J connectivity index is 1.43. The number of benzene rings is 2. The third kappa shape index (κ3) is 6.94. The van der Waals surface area contributed by atoms with Gasteiger partial charge in [-0.25, -0.2) is 0 Å². The smallest absolute Gasteiger partial charge is 0.227 e. The van der Waals surface area contributed by atoms with Crippen LogP contribution in [0.1, 0.15) is 22.8 Å². The van der Waals surface area contributed by atoms with Gasteiger partial charge in [-0.05, 0) is 42.8 Å². The number of ether oxygens (including phenoxy) is 3. The third-order valence-corrected chi connectivity index (χ3v) is 5.68. The molecule has 1 N–H and O–H groups in total. The average Bonchev–Trinajstić information content (AvgIpc) is 2.83. The number of methoxy groups -OCH3 is 2. The fraction of sp³-hybridized carbons (Fsp3) is 0.440. The van der Waals surface area contributed by atoms with Gasteiger partial charge < -0.3 is 24.2 Å². The Hall–Kier alpha value is -3.10. The Morgan fingerprint density at radius 1 is 1.00 bits per heavy atom. The molecule has 0 saturated carbocycles. The van der Waals surface area contributed by atoms with Crippen LogP contribution in [0.15, 0.2) is 42.5 Å². The van der Waals surface area contributed by atoms with E-state index in [2.05, 4.69) is 4.90 Å². The number of aliphatic hydroxyl groups excluding tert-OH is 1. The number of nitrogens with zero attached hydrogens (tertiary/aromatic N) is 2. The van der Waals surface area contributed by atoms with E-state index in [4.69, 9.17) is 14.2 Å². The van der Waals surface area contributed by atoms with E-state index in [1.807, 2.05) is 29.2 Å². The lowest BCUT2D eigenvalue weighted by atomic mass is 10.1. The normalized spacial score (nSPS) is 15.1. The molecule has 1 fully saturated rings. The maximum absolute atomic E-state index is 12.6. The molecule has 2 aromatic carbocycles. The second-order valence-electron chi connectivity index (χ2n) is 8.10. The standard InChI is InChI=1S/C25H32N2O6/c1-18(28)20-7-8-23(24(15-20)32-3)33-17-21(29)16-26-9-11-27(12-10-26)25(30)14-19-5-4-6-22(13-19)31-2/h4-8,13,15,21,29H,9-12,14,16-17H2,1-3H3. The van der Waals surface area contributed by atoms with Crippen LogP contribution in [0.3, 0.4) is 0 Å². The zero-order valence-corrected chi connectivity index (χ0v) is 19.5. The van der Waals surface area contributed by atoms with Crippen molar-refractivity contribution < 1.29 is 28.9 Å². The molecule has 33 heavy (non-hydrogen) atoms. The first-order valence-corrected chi connectivity index (χ1v) is 11.0. The van der Waals surface area contributed by atoms with E-state index in [-0.39, 0.29) is 18.3 Å². The van der Waals surface area contributed by atoms with E-state index in [9.17, 15) is 14.7 Å². The predicted molar refractivity (Wildman–Crippen MR) is 124 cm³/mol. The van der Waals surface area contributed by atoms with E-state index < -0.39 is 6.10 Å². The Morgan fingerprint density at radius 3 is 2.42 bits per heavy atom. The molecule has 1 amide bonds. The number of Topliss-reactive ketones (excluding diaryl/α,β-unsaturated/α-hetero) is 1. The number of carbonyl (C=O) groups excluding carboxylic acids is 2. The van der Waals surface area contributed by atoms with Gasteiger partial charge in [-0.15, -0.1) is 0 Å². The van der Waals surface area contributed by atoms with Crippen molar-refractivity contribution in [1.82, 2.24) is 9.80 Å². The molecular formula is C25H32N2O6. The fourth-order valence-corrected chi connectivity index (χ4v) is 3.79. The Kier molecular flexibility index (Phi) is 8.68. The number of aliphatic hydroxyl groups is 1. The summed E-state index contributed by atoms with van der Waals surface area (Å²) >= 11 is 0. The second-order valence-corrected chi connectivity index (χ2v) is 8.10. The van der Waals surface area contributed by atoms with Crippen LogP contribution in [0.5, 0.6) is 17.2 Å². The first kappa shape index (κ1) is 24.5. The monoisotopic (exact) mass is 456 g/mol. The molecule has 1 unspecified atom stereocenters. The maximum atomic E-state index is 12.6. The van der Waals surface area contributed by atoms with Crippen molar-refractivity contribution in [3.05, 3.63) is 53.6 Å². The van der Waals surface area contributed by atoms with Gasteiger partial charge in [0.25, 0.3) is 0 Å². The van der Waals surface area contributed by atoms with Crippen LogP contribution in [0.4, 0.5) is 0 Å². The van der Waals surface area contributed by atoms with Gasteiger partial charge in [0.05, 0.1) is 20.6 Å². The van der Waals surface area contributed by atoms with E-state index in [1.165, 1.54) is 14.0 Å². The van der Waals surface area contributed by atoms with Gasteiger partial charge in [0.1, 0.15) is 18.5 Å². The van der Waals surface area contributed by atoms with E-state index in [0.29, 0.717) is 56.2 Å². The van der Waals surface area contributed by atoms with Crippen molar-refractivity contribution >= 4 is 11.7 Å². The molecule has 3 rings (SSSR count). The van der Waals surface area contributed by atoms with Gasteiger partial charge in [0.2, 0.25) is 5.91 Å². The first-order valence-electron chi connectivity index (χ1n) is 11.0. The highest BCUT2D eigenvalue weighted by molar-refractivity contribution is 5.94. The summed E-state index contributed by atoms with van der Waals surface area (Å²) in [6.45, 7) is 4.67. The topological polar surface area (TPSA) is 88.5 Å². The van der Waals surface area contributed by atoms with Crippen molar-refractivity contribution in [1.29, 1.82) is 0 Å². The van der Waals surface area contributed by atoms with Crippen LogP contribution in [0.25, 0.3) is 0 Å². The van der Waals surface area contributed by atoms with Crippen molar-refractivity contribution in [3.8, 4) is 17.2 Å². The SMILES string of the molecule is COc1cccc(CC(=O)N2CCN(CC(O)COc3ccc(C(C)=O)cc3OC)CC2)c1. The molecule has 1 saturated heterocycles. The van der Waals surface area contributed by atoms with Crippen molar-refractivity contribution in [2.75, 3.05) is 53.6 Å². The maximum Gasteiger partial charge on any atom is 0.227 e. The molecule has 8 heteroatoms. The van der Waals surface area contributed by atoms with E-state index >= 15 is 0 Å². The third-order valence-electron chi connectivity index (χ3n) is 5.68. The van der Waals surface area contributed by atoms with E-state index in [1.54, 1.807) is 25.3 Å². The molecule has 1 aliphatic heterocycles. The highest BCUT2D eigenvalue weighted by Gasteiger charge is 2.23. The van der Waals surface area contributed by atoms with Gasteiger partial charge in [0, 0.05) is 38.3 Å². The highest BCUT2D eigenvalue weighted by atomic mass is 16.5. The molecule has 178 valence electrons. The van der Waals surface area contributed by atoms with Gasteiger partial charge >= 0.3 is 0 Å². The largest absolute Gasteiger partial charge is 0.497 e. The average molecular weight is 457 g/mol. The molecule has 1 aliphatic rings.